The number of para-hydroxylation sites is 1. The second kappa shape index (κ2) is 5.04. The number of allylic oxidation sites excluding steroid dienone is 1. The van der Waals surface area contributed by atoms with E-state index < -0.39 is 0 Å². The van der Waals surface area contributed by atoms with Gasteiger partial charge in [-0.2, -0.15) is 0 Å². The van der Waals surface area contributed by atoms with Crippen molar-refractivity contribution in [3.8, 4) is 0 Å². The number of nitrogens with two attached hydrogens (primary N) is 1. The summed E-state index contributed by atoms with van der Waals surface area (Å²) in [5.41, 5.74) is 9.40. The molecule has 1 aliphatic rings. The van der Waals surface area contributed by atoms with Gasteiger partial charge in [-0.25, -0.2) is 4.99 Å². The number of nitrogens with zero attached hydrogens (tertiary/aromatic N) is 1. The number of benzene rings is 1. The summed E-state index contributed by atoms with van der Waals surface area (Å²) < 4.78 is 0. The van der Waals surface area contributed by atoms with E-state index in [9.17, 15) is 4.79 Å². The van der Waals surface area contributed by atoms with Crippen LogP contribution < -0.4 is 11.1 Å². The lowest BCUT2D eigenvalue weighted by molar-refractivity contribution is -0.119. The molecule has 0 unspecified atom stereocenters. The molecule has 3 N–H and O–H groups in total. The quantitative estimate of drug-likeness (QED) is 0.793. The summed E-state index contributed by atoms with van der Waals surface area (Å²) in [5, 5.41) is 2.80. The van der Waals surface area contributed by atoms with E-state index in [0.29, 0.717) is 24.4 Å². The second-order valence-corrected chi connectivity index (χ2v) is 4.46. The third-order valence-electron chi connectivity index (χ3n) is 2.97. The molecule has 4 heteroatoms. The Balaban J connectivity index is 2.43. The number of piperidine rings is 1. The van der Waals surface area contributed by atoms with Crippen LogP contribution in [0.25, 0.3) is 0 Å². The Morgan fingerprint density at radius 3 is 2.72 bits per heavy atom. The monoisotopic (exact) mass is 243 g/mol. The number of amidine groups is 1. The zero-order valence-electron chi connectivity index (χ0n) is 10.7. The van der Waals surface area contributed by atoms with Crippen molar-refractivity contribution in [1.29, 1.82) is 0 Å². The van der Waals surface area contributed by atoms with Crippen LogP contribution in [0.1, 0.15) is 25.3 Å². The summed E-state index contributed by atoms with van der Waals surface area (Å²) >= 11 is 0. The molecular weight excluding hydrogens is 226 g/mol. The molecule has 1 fully saturated rings. The second-order valence-electron chi connectivity index (χ2n) is 4.46. The van der Waals surface area contributed by atoms with Crippen molar-refractivity contribution in [2.75, 3.05) is 0 Å². The van der Waals surface area contributed by atoms with E-state index in [1.165, 1.54) is 0 Å². The molecule has 2 rings (SSSR count). The molecule has 4 nitrogen and oxygen atoms in total. The van der Waals surface area contributed by atoms with E-state index in [0.717, 1.165) is 16.8 Å². The summed E-state index contributed by atoms with van der Waals surface area (Å²) in [6, 6.07) is 7.80. The molecule has 1 saturated heterocycles. The number of hydrogen-bond acceptors (Lipinski definition) is 3. The van der Waals surface area contributed by atoms with E-state index >= 15 is 0 Å². The maximum Gasteiger partial charge on any atom is 0.225 e. The first-order chi connectivity index (χ1) is 8.58. The summed E-state index contributed by atoms with van der Waals surface area (Å²) in [7, 11) is 0. The maximum atomic E-state index is 11.5. The predicted molar refractivity (Wildman–Crippen MR) is 72.5 cm³/mol. The van der Waals surface area contributed by atoms with E-state index in [2.05, 4.69) is 10.3 Å². The Hall–Kier alpha value is -2.10. The largest absolute Gasteiger partial charge is 0.402 e. The number of carbonyl (C=O) groups excluding carboxylic acids is 1. The fourth-order valence-corrected chi connectivity index (χ4v) is 1.92. The Kier molecular flexibility index (Phi) is 3.46. The molecule has 0 spiro atoms. The molecule has 1 aromatic rings. The first kappa shape index (κ1) is 12.4. The van der Waals surface area contributed by atoms with E-state index in [-0.39, 0.29) is 5.91 Å². The molecule has 1 amide bonds. The number of aryl methyl sites for hydroxylation is 1. The van der Waals surface area contributed by atoms with Crippen LogP contribution in [0.2, 0.25) is 0 Å². The molecule has 0 bridgehead atoms. The SMILES string of the molecule is CC(N)=C1CCC(=O)NC1=Nc1ccccc1C. The van der Waals surface area contributed by atoms with Crippen molar-refractivity contribution in [1.82, 2.24) is 5.32 Å². The summed E-state index contributed by atoms with van der Waals surface area (Å²) in [5.74, 6) is 0.577. The van der Waals surface area contributed by atoms with Gasteiger partial charge < -0.3 is 11.1 Å². The first-order valence-corrected chi connectivity index (χ1v) is 5.97. The van der Waals surface area contributed by atoms with Gasteiger partial charge in [0.2, 0.25) is 5.91 Å². The number of nitrogens with one attached hydrogen (secondary N) is 1. The third-order valence-corrected chi connectivity index (χ3v) is 2.97. The molecule has 0 saturated carbocycles. The molecule has 1 aliphatic heterocycles. The number of aliphatic imine (C=N–C) groups is 1. The summed E-state index contributed by atoms with van der Waals surface area (Å²) in [4.78, 5) is 16.0. The van der Waals surface area contributed by atoms with Gasteiger partial charge in [-0.3, -0.25) is 4.79 Å². The Morgan fingerprint density at radius 2 is 2.06 bits per heavy atom. The molecule has 94 valence electrons. The highest BCUT2D eigenvalue weighted by atomic mass is 16.1. The van der Waals surface area contributed by atoms with Gasteiger partial charge in [0, 0.05) is 17.7 Å². The van der Waals surface area contributed by atoms with Gasteiger partial charge in [0.1, 0.15) is 5.84 Å². The molecule has 18 heavy (non-hydrogen) atoms. The standard InChI is InChI=1S/C14H17N3O/c1-9-5-3-4-6-12(9)16-14-11(10(2)15)7-8-13(18)17-14/h3-6H,7-8,15H2,1-2H3,(H,16,17,18). The van der Waals surface area contributed by atoms with Crippen LogP contribution in [0.3, 0.4) is 0 Å². The smallest absolute Gasteiger partial charge is 0.225 e. The third kappa shape index (κ3) is 2.59. The first-order valence-electron chi connectivity index (χ1n) is 5.97. The van der Waals surface area contributed by atoms with Crippen LogP contribution in [0.5, 0.6) is 0 Å². The van der Waals surface area contributed by atoms with Gasteiger partial charge in [0.15, 0.2) is 0 Å². The van der Waals surface area contributed by atoms with E-state index in [1.54, 1.807) is 0 Å². The van der Waals surface area contributed by atoms with E-state index in [1.807, 2.05) is 38.1 Å². The van der Waals surface area contributed by atoms with Crippen LogP contribution in [0.4, 0.5) is 5.69 Å². The van der Waals surface area contributed by atoms with Crippen molar-refractivity contribution in [2.45, 2.75) is 26.7 Å². The molecule has 0 aliphatic carbocycles. The summed E-state index contributed by atoms with van der Waals surface area (Å²) in [6.45, 7) is 3.82. The van der Waals surface area contributed by atoms with Crippen molar-refractivity contribution >= 4 is 17.4 Å². The van der Waals surface area contributed by atoms with Gasteiger partial charge in [-0.1, -0.05) is 18.2 Å². The van der Waals surface area contributed by atoms with Crippen molar-refractivity contribution < 1.29 is 4.79 Å². The lowest BCUT2D eigenvalue weighted by Gasteiger charge is -2.19. The molecule has 1 aromatic carbocycles. The highest BCUT2D eigenvalue weighted by Gasteiger charge is 2.20. The van der Waals surface area contributed by atoms with Gasteiger partial charge in [0.05, 0.1) is 5.69 Å². The topological polar surface area (TPSA) is 67.5 Å². The Labute approximate surface area is 107 Å². The normalized spacial score (nSPS) is 20.8. The Morgan fingerprint density at radius 1 is 1.33 bits per heavy atom. The van der Waals surface area contributed by atoms with Crippen molar-refractivity contribution in [3.05, 3.63) is 41.1 Å². The number of rotatable bonds is 1. The predicted octanol–water partition coefficient (Wildman–Crippen LogP) is 2.17. The number of hydrogen-bond donors (Lipinski definition) is 2. The lowest BCUT2D eigenvalue weighted by Crippen LogP contribution is -2.37. The van der Waals surface area contributed by atoms with Crippen molar-refractivity contribution in [3.63, 3.8) is 0 Å². The molecule has 0 atom stereocenters. The molecule has 1 heterocycles. The molecule has 0 aromatic heterocycles. The number of carbonyl (C=O) groups is 1. The Bertz CT molecular complexity index is 540. The number of amides is 1. The van der Waals surface area contributed by atoms with Crippen LogP contribution in [-0.2, 0) is 4.79 Å². The average Bonchev–Trinajstić information content (AvgIpc) is 2.32. The maximum absolute atomic E-state index is 11.5. The summed E-state index contributed by atoms with van der Waals surface area (Å²) in [6.07, 6.45) is 1.12. The highest BCUT2D eigenvalue weighted by Crippen LogP contribution is 2.21. The van der Waals surface area contributed by atoms with Crippen LogP contribution >= 0.6 is 0 Å². The minimum Gasteiger partial charge on any atom is -0.402 e. The fraction of sp³-hybridized carbons (Fsp3) is 0.286. The minimum absolute atomic E-state index is 0.00710. The zero-order valence-corrected chi connectivity index (χ0v) is 10.7. The van der Waals surface area contributed by atoms with Crippen molar-refractivity contribution in [2.24, 2.45) is 10.7 Å². The van der Waals surface area contributed by atoms with Crippen LogP contribution in [0, 0.1) is 6.92 Å². The molecular formula is C14H17N3O. The zero-order chi connectivity index (χ0) is 13.1. The van der Waals surface area contributed by atoms with Gasteiger partial charge in [-0.05, 0) is 31.9 Å². The van der Waals surface area contributed by atoms with Gasteiger partial charge >= 0.3 is 0 Å². The van der Waals surface area contributed by atoms with E-state index in [4.69, 9.17) is 5.73 Å². The lowest BCUT2D eigenvalue weighted by atomic mass is 10.0. The fourth-order valence-electron chi connectivity index (χ4n) is 1.92. The average molecular weight is 243 g/mol. The van der Waals surface area contributed by atoms with Gasteiger partial charge in [-0.15, -0.1) is 0 Å². The van der Waals surface area contributed by atoms with Crippen LogP contribution in [-0.4, -0.2) is 11.7 Å². The minimum atomic E-state index is -0.00710. The highest BCUT2D eigenvalue weighted by molar-refractivity contribution is 6.11. The molecule has 0 radical (unpaired) electrons. The van der Waals surface area contributed by atoms with Gasteiger partial charge in [0.25, 0.3) is 0 Å². The van der Waals surface area contributed by atoms with Crippen LogP contribution in [0.15, 0.2) is 40.5 Å².